The number of ether oxygens (including phenoxy) is 1. The summed E-state index contributed by atoms with van der Waals surface area (Å²) in [7, 11) is 0. The van der Waals surface area contributed by atoms with Gasteiger partial charge in [-0.2, -0.15) is 0 Å². The summed E-state index contributed by atoms with van der Waals surface area (Å²) in [5.41, 5.74) is 4.68. The average Bonchev–Trinajstić information content (AvgIpc) is 3.37. The first-order valence-corrected chi connectivity index (χ1v) is 13.2. The summed E-state index contributed by atoms with van der Waals surface area (Å²) in [5.74, 6) is 50.8. The molecule has 0 atom stereocenters. The minimum absolute atomic E-state index is 0.660. The highest BCUT2D eigenvalue weighted by Gasteiger charge is 2.09. The van der Waals surface area contributed by atoms with Crippen molar-refractivity contribution in [3.05, 3.63) is 65.4 Å². The van der Waals surface area contributed by atoms with Crippen LogP contribution in [0, 0.1) is 138 Å². The topological polar surface area (TPSA) is 26.2 Å². The predicted molar refractivity (Wildman–Crippen MR) is 177 cm³/mol. The molecule has 0 saturated carbocycles. The van der Waals surface area contributed by atoms with Crippen molar-refractivity contribution in [2.24, 2.45) is 0 Å². The molecule has 0 bridgehead atoms. The second-order valence-corrected chi connectivity index (χ2v) is 8.46. The molecule has 0 amide bonds. The summed E-state index contributed by atoms with van der Waals surface area (Å²) in [5, 5.41) is 4.68. The van der Waals surface area contributed by atoms with E-state index in [0.717, 1.165) is 30.8 Å². The Morgan fingerprint density at radius 2 is 1.25 bits per heavy atom. The van der Waals surface area contributed by atoms with Crippen LogP contribution in [-0.2, 0) is 13.1 Å². The van der Waals surface area contributed by atoms with Crippen molar-refractivity contribution in [2.75, 3.05) is 6.54 Å². The van der Waals surface area contributed by atoms with Crippen LogP contribution < -0.4 is 10.1 Å². The molecule has 0 aliphatic heterocycles. The second-order valence-electron chi connectivity index (χ2n) is 8.46. The summed E-state index contributed by atoms with van der Waals surface area (Å²) in [6.07, 6.45) is 9.79. The van der Waals surface area contributed by atoms with Gasteiger partial charge in [-0.15, -0.1) is 6.42 Å². The Balaban J connectivity index is 1.53. The lowest BCUT2D eigenvalue weighted by Gasteiger charge is -2.08. The molecule has 3 rings (SSSR count). The van der Waals surface area contributed by atoms with Gasteiger partial charge in [-0.05, 0) is 95.7 Å². The van der Waals surface area contributed by atoms with E-state index in [9.17, 15) is 0 Å². The van der Waals surface area contributed by atoms with Gasteiger partial charge in [0.1, 0.15) is 11.9 Å². The largest absolute Gasteiger partial charge is 0.407 e. The van der Waals surface area contributed by atoms with E-state index in [1.165, 1.54) is 16.5 Å². The summed E-state index contributed by atoms with van der Waals surface area (Å²) in [6, 6.07) is 14.5. The average molecular weight is 559 g/mol. The van der Waals surface area contributed by atoms with Crippen LogP contribution in [0.2, 0.25) is 0 Å². The first kappa shape index (κ1) is 31.4. The smallest absolute Gasteiger partial charge is 0.140 e. The highest BCUT2D eigenvalue weighted by molar-refractivity contribution is 5.84. The summed E-state index contributed by atoms with van der Waals surface area (Å²) < 4.78 is 7.89. The van der Waals surface area contributed by atoms with Gasteiger partial charge in [0.25, 0.3) is 0 Å². The third-order valence-electron chi connectivity index (χ3n) is 5.32. The van der Waals surface area contributed by atoms with Crippen LogP contribution in [0.3, 0.4) is 0 Å². The summed E-state index contributed by atoms with van der Waals surface area (Å²) >= 11 is 0. The van der Waals surface area contributed by atoms with Gasteiger partial charge in [0.05, 0.1) is 0 Å². The number of hydrogen-bond donors (Lipinski definition) is 1. The van der Waals surface area contributed by atoms with Crippen LogP contribution in [-0.4, -0.2) is 11.1 Å². The van der Waals surface area contributed by atoms with E-state index in [1.807, 2.05) is 19.1 Å². The Morgan fingerprint density at radius 1 is 0.705 bits per heavy atom. The summed E-state index contributed by atoms with van der Waals surface area (Å²) in [6.45, 7) is 6.62. The van der Waals surface area contributed by atoms with E-state index in [-0.39, 0.29) is 0 Å². The molecule has 0 spiro atoms. The van der Waals surface area contributed by atoms with Crippen LogP contribution in [0.1, 0.15) is 23.6 Å². The van der Waals surface area contributed by atoms with E-state index in [2.05, 4.69) is 178 Å². The Hall–Kier alpha value is -7.10. The molecule has 3 nitrogen and oxygen atoms in total. The number of hydrogen-bond acceptors (Lipinski definition) is 2. The molecular formula is C41H22N2O. The SMILES string of the molecule is C#CC#CC#CC#CC#CC#CC#CC#CC#CC#CC#COc1cc(C)cc(Cn2cc(CNCC)c3ccccc32)c1. The molecule has 0 saturated heterocycles. The Labute approximate surface area is 260 Å². The molecule has 202 valence electrons. The second kappa shape index (κ2) is 19.1. The van der Waals surface area contributed by atoms with Gasteiger partial charge in [-0.1, -0.05) is 31.2 Å². The van der Waals surface area contributed by atoms with Crippen molar-refractivity contribution in [3.8, 4) is 137 Å². The molecule has 1 aromatic heterocycles. The maximum Gasteiger partial charge on any atom is 0.140 e. The van der Waals surface area contributed by atoms with Crippen LogP contribution in [0.15, 0.2) is 48.7 Å². The molecule has 3 heteroatoms. The fourth-order valence-corrected chi connectivity index (χ4v) is 3.70. The highest BCUT2D eigenvalue weighted by Crippen LogP contribution is 2.24. The van der Waals surface area contributed by atoms with Crippen LogP contribution in [0.4, 0.5) is 0 Å². The fraction of sp³-hybridized carbons (Fsp3) is 0.122. The summed E-state index contributed by atoms with van der Waals surface area (Å²) in [4.78, 5) is 0. The number of benzene rings is 2. The molecular weight excluding hydrogens is 536 g/mol. The lowest BCUT2D eigenvalue weighted by molar-refractivity contribution is 0.518. The number of terminal acetylenes is 1. The minimum Gasteiger partial charge on any atom is -0.407 e. The van der Waals surface area contributed by atoms with Crippen molar-refractivity contribution in [3.63, 3.8) is 0 Å². The normalized spacial score (nSPS) is 7.66. The van der Waals surface area contributed by atoms with Crippen LogP contribution in [0.5, 0.6) is 5.75 Å². The number of nitrogens with one attached hydrogen (secondary N) is 1. The van der Waals surface area contributed by atoms with Gasteiger partial charge in [0.15, 0.2) is 0 Å². The molecule has 1 heterocycles. The Bertz CT molecular complexity index is 2240. The number of aryl methyl sites for hydroxylation is 1. The van der Waals surface area contributed by atoms with Crippen molar-refractivity contribution in [1.29, 1.82) is 0 Å². The van der Waals surface area contributed by atoms with E-state index in [4.69, 9.17) is 11.2 Å². The van der Waals surface area contributed by atoms with Crippen molar-refractivity contribution < 1.29 is 4.74 Å². The lowest BCUT2D eigenvalue weighted by Crippen LogP contribution is -2.11. The zero-order valence-electron chi connectivity index (χ0n) is 24.2. The first-order chi connectivity index (χ1) is 21.7. The highest BCUT2D eigenvalue weighted by atomic mass is 16.5. The third kappa shape index (κ3) is 11.6. The van der Waals surface area contributed by atoms with Gasteiger partial charge in [0, 0.05) is 101 Å². The molecule has 0 aliphatic carbocycles. The molecule has 0 radical (unpaired) electrons. The van der Waals surface area contributed by atoms with E-state index < -0.39 is 0 Å². The van der Waals surface area contributed by atoms with E-state index in [1.54, 1.807) is 0 Å². The van der Waals surface area contributed by atoms with Gasteiger partial charge in [0.2, 0.25) is 0 Å². The Morgan fingerprint density at radius 3 is 1.82 bits per heavy atom. The quantitative estimate of drug-likeness (QED) is 0.461. The lowest BCUT2D eigenvalue weighted by atomic mass is 10.1. The maximum absolute atomic E-state index is 5.62. The monoisotopic (exact) mass is 558 g/mol. The molecule has 2 aromatic carbocycles. The number of rotatable bonds is 6. The zero-order chi connectivity index (χ0) is 31.1. The number of aromatic nitrogens is 1. The number of para-hydroxylation sites is 1. The van der Waals surface area contributed by atoms with Gasteiger partial charge in [-0.25, -0.2) is 0 Å². The van der Waals surface area contributed by atoms with Gasteiger partial charge < -0.3 is 14.6 Å². The predicted octanol–water partition coefficient (Wildman–Crippen LogP) is 4.11. The Kier molecular flexibility index (Phi) is 13.6. The number of nitrogens with zero attached hydrogens (tertiary/aromatic N) is 1. The van der Waals surface area contributed by atoms with Crippen LogP contribution >= 0.6 is 0 Å². The number of fused-ring (bicyclic) bond motifs is 1. The molecule has 44 heavy (non-hydrogen) atoms. The van der Waals surface area contributed by atoms with Gasteiger partial charge in [-0.3, -0.25) is 0 Å². The van der Waals surface area contributed by atoms with E-state index in [0.29, 0.717) is 5.75 Å². The molecule has 0 fully saturated rings. The fourth-order valence-electron chi connectivity index (χ4n) is 3.70. The molecule has 0 unspecified atom stereocenters. The minimum atomic E-state index is 0.660. The van der Waals surface area contributed by atoms with Crippen LogP contribution in [0.25, 0.3) is 10.9 Å². The molecule has 0 aliphatic rings. The standard InChI is InChI=1S/C41H22N2O/c1-4-6-7-8-9-10-11-12-13-14-15-16-17-18-19-20-21-22-23-26-29-44-39-31-36(3)30-37(32-39)34-43-35-38(33-42-5-2)40-27-24-25-28-41(40)43/h1,24-25,27-28,30-32,35,42H,5,33-34H2,2-3H3. The maximum atomic E-state index is 5.62. The third-order valence-corrected chi connectivity index (χ3v) is 5.32. The molecule has 3 aromatic rings. The molecule has 1 N–H and O–H groups in total. The van der Waals surface area contributed by atoms with Crippen molar-refractivity contribution >= 4 is 10.9 Å². The van der Waals surface area contributed by atoms with E-state index >= 15 is 0 Å². The van der Waals surface area contributed by atoms with Gasteiger partial charge >= 0.3 is 0 Å². The van der Waals surface area contributed by atoms with Crippen molar-refractivity contribution in [2.45, 2.75) is 26.9 Å². The first-order valence-electron chi connectivity index (χ1n) is 13.2. The zero-order valence-corrected chi connectivity index (χ0v) is 24.2. The van der Waals surface area contributed by atoms with Crippen molar-refractivity contribution in [1.82, 2.24) is 9.88 Å².